The van der Waals surface area contributed by atoms with Crippen LogP contribution >= 0.6 is 0 Å². The van der Waals surface area contributed by atoms with E-state index < -0.39 is 8.32 Å². The summed E-state index contributed by atoms with van der Waals surface area (Å²) < 4.78 is 11.1. The molecule has 2 atom stereocenters. The molecule has 5 heteroatoms. The smallest absolute Gasteiger partial charge is 0.330 e. The summed E-state index contributed by atoms with van der Waals surface area (Å²) in [7, 11) is -0.511. The van der Waals surface area contributed by atoms with Crippen LogP contribution in [-0.2, 0) is 14.0 Å². The van der Waals surface area contributed by atoms with Gasteiger partial charge < -0.3 is 14.3 Å². The largest absolute Gasteiger partial charge is 0.466 e. The number of aliphatic hydroxyl groups is 1. The molecule has 0 aromatic carbocycles. The first-order chi connectivity index (χ1) is 9.55. The van der Waals surface area contributed by atoms with Gasteiger partial charge in [0.05, 0.1) is 13.2 Å². The van der Waals surface area contributed by atoms with E-state index in [4.69, 9.17) is 9.53 Å². The van der Waals surface area contributed by atoms with Crippen LogP contribution in [0, 0.1) is 5.92 Å². The predicted molar refractivity (Wildman–Crippen MR) is 88.7 cm³/mol. The van der Waals surface area contributed by atoms with Crippen molar-refractivity contribution in [1.29, 1.82) is 0 Å². The molecular formula is C16H32O4Si. The van der Waals surface area contributed by atoms with Crippen molar-refractivity contribution in [3.63, 3.8) is 0 Å². The van der Waals surface area contributed by atoms with Crippen molar-refractivity contribution in [2.24, 2.45) is 5.92 Å². The normalized spacial score (nSPS) is 16.0. The van der Waals surface area contributed by atoms with E-state index >= 15 is 0 Å². The van der Waals surface area contributed by atoms with Gasteiger partial charge in [0.15, 0.2) is 8.32 Å². The third-order valence-corrected chi connectivity index (χ3v) is 8.80. The lowest BCUT2D eigenvalue weighted by atomic mass is 9.99. The van der Waals surface area contributed by atoms with Crippen molar-refractivity contribution in [3.05, 3.63) is 12.2 Å². The van der Waals surface area contributed by atoms with E-state index in [-0.39, 0.29) is 29.6 Å². The molecule has 0 saturated carbocycles. The summed E-state index contributed by atoms with van der Waals surface area (Å²) in [6.07, 6.45) is 4.61. The quantitative estimate of drug-likeness (QED) is 0.423. The van der Waals surface area contributed by atoms with Gasteiger partial charge >= 0.3 is 5.97 Å². The number of carbonyl (C=O) groups is 1. The second-order valence-electron chi connectivity index (χ2n) is 7.07. The molecule has 0 fully saturated rings. The molecule has 0 aliphatic heterocycles. The monoisotopic (exact) mass is 316 g/mol. The molecule has 0 spiro atoms. The molecule has 1 N–H and O–H groups in total. The fourth-order valence-electron chi connectivity index (χ4n) is 1.71. The summed E-state index contributed by atoms with van der Waals surface area (Å²) in [4.78, 5) is 11.2. The van der Waals surface area contributed by atoms with Crippen molar-refractivity contribution in [2.45, 2.75) is 64.8 Å². The number of methoxy groups -OCH3 is 1. The van der Waals surface area contributed by atoms with Gasteiger partial charge in [-0.05, 0) is 36.9 Å². The van der Waals surface area contributed by atoms with Crippen molar-refractivity contribution in [2.75, 3.05) is 13.7 Å². The molecule has 0 radical (unpaired) electrons. The standard InChI is InChI=1S/C16H32O4Si/c1-13(11-12-17)14(9-8-10-15(18)19-5)20-21(6,7)16(2,3)4/h8,10,13-14,17H,9,11-12H2,1-7H3/b10-8+/t13-,14+/m1/s1. The minimum Gasteiger partial charge on any atom is -0.466 e. The van der Waals surface area contributed by atoms with Crippen LogP contribution in [0.2, 0.25) is 18.1 Å². The molecular weight excluding hydrogens is 284 g/mol. The first-order valence-corrected chi connectivity index (χ1v) is 10.5. The Morgan fingerprint density at radius 2 is 1.90 bits per heavy atom. The van der Waals surface area contributed by atoms with Crippen LogP contribution in [0.4, 0.5) is 0 Å². The molecule has 4 nitrogen and oxygen atoms in total. The maximum absolute atomic E-state index is 11.2. The minimum atomic E-state index is -1.88. The zero-order chi connectivity index (χ0) is 16.7. The second kappa shape index (κ2) is 8.71. The highest BCUT2D eigenvalue weighted by Crippen LogP contribution is 2.38. The lowest BCUT2D eigenvalue weighted by Crippen LogP contribution is -2.45. The summed E-state index contributed by atoms with van der Waals surface area (Å²) >= 11 is 0. The van der Waals surface area contributed by atoms with E-state index in [9.17, 15) is 4.79 Å². The molecule has 0 amide bonds. The van der Waals surface area contributed by atoms with Gasteiger partial charge in [-0.2, -0.15) is 0 Å². The molecule has 0 rings (SSSR count). The molecule has 124 valence electrons. The first kappa shape index (κ1) is 20.3. The number of aliphatic hydroxyl groups excluding tert-OH is 1. The minimum absolute atomic E-state index is 0.0129. The number of esters is 1. The highest BCUT2D eigenvalue weighted by Gasteiger charge is 2.39. The van der Waals surface area contributed by atoms with Gasteiger partial charge in [0.1, 0.15) is 0 Å². The Morgan fingerprint density at radius 3 is 2.33 bits per heavy atom. The summed E-state index contributed by atoms with van der Waals surface area (Å²) in [5, 5.41) is 9.29. The van der Waals surface area contributed by atoms with Crippen molar-refractivity contribution < 1.29 is 19.1 Å². The van der Waals surface area contributed by atoms with Crippen molar-refractivity contribution in [1.82, 2.24) is 0 Å². The lowest BCUT2D eigenvalue weighted by Gasteiger charge is -2.40. The molecule has 21 heavy (non-hydrogen) atoms. The van der Waals surface area contributed by atoms with E-state index in [0.29, 0.717) is 12.8 Å². The SMILES string of the molecule is COC(=O)/C=C/C[C@H](O[Si](C)(C)C(C)(C)C)[C@H](C)CCO. The summed E-state index contributed by atoms with van der Waals surface area (Å²) in [6.45, 7) is 13.3. The van der Waals surface area contributed by atoms with E-state index in [0.717, 1.165) is 0 Å². The highest BCUT2D eigenvalue weighted by molar-refractivity contribution is 6.74. The Bertz CT molecular complexity index is 345. The van der Waals surface area contributed by atoms with Crippen LogP contribution in [0.5, 0.6) is 0 Å². The van der Waals surface area contributed by atoms with E-state index in [1.165, 1.54) is 13.2 Å². The maximum Gasteiger partial charge on any atom is 0.330 e. The van der Waals surface area contributed by atoms with Gasteiger partial charge in [-0.25, -0.2) is 4.79 Å². The molecule has 0 unspecified atom stereocenters. The average molecular weight is 317 g/mol. The van der Waals surface area contributed by atoms with Crippen LogP contribution in [0.25, 0.3) is 0 Å². The van der Waals surface area contributed by atoms with Crippen LogP contribution in [0.3, 0.4) is 0 Å². The van der Waals surface area contributed by atoms with E-state index in [1.54, 1.807) is 6.08 Å². The van der Waals surface area contributed by atoms with Gasteiger partial charge in [0.2, 0.25) is 0 Å². The molecule has 0 aromatic rings. The molecule has 0 saturated heterocycles. The average Bonchev–Trinajstić information content (AvgIpc) is 2.36. The Labute approximate surface area is 130 Å². The Morgan fingerprint density at radius 1 is 1.33 bits per heavy atom. The highest BCUT2D eigenvalue weighted by atomic mass is 28.4. The van der Waals surface area contributed by atoms with Gasteiger partial charge in [-0.3, -0.25) is 0 Å². The molecule has 0 heterocycles. The van der Waals surface area contributed by atoms with Gasteiger partial charge in [-0.1, -0.05) is 33.8 Å². The number of hydrogen-bond acceptors (Lipinski definition) is 4. The molecule has 0 aliphatic rings. The zero-order valence-corrected chi connectivity index (χ0v) is 15.6. The van der Waals surface area contributed by atoms with E-state index in [2.05, 4.69) is 45.5 Å². The van der Waals surface area contributed by atoms with Crippen LogP contribution in [0.15, 0.2) is 12.2 Å². The van der Waals surface area contributed by atoms with Crippen LogP contribution in [0.1, 0.15) is 40.5 Å². The summed E-state index contributed by atoms with van der Waals surface area (Å²) in [5.74, 6) is -0.109. The number of hydrogen-bond donors (Lipinski definition) is 1. The number of ether oxygens (including phenoxy) is 1. The van der Waals surface area contributed by atoms with Crippen molar-refractivity contribution in [3.8, 4) is 0 Å². The Hall–Kier alpha value is -0.653. The Balaban J connectivity index is 4.91. The van der Waals surface area contributed by atoms with Crippen molar-refractivity contribution >= 4 is 14.3 Å². The second-order valence-corrected chi connectivity index (χ2v) is 11.8. The number of carbonyl (C=O) groups excluding carboxylic acids is 1. The summed E-state index contributed by atoms with van der Waals surface area (Å²) in [6, 6.07) is 0. The fourth-order valence-corrected chi connectivity index (χ4v) is 3.15. The van der Waals surface area contributed by atoms with Gasteiger partial charge in [0, 0.05) is 12.7 Å². The third kappa shape index (κ3) is 7.25. The van der Waals surface area contributed by atoms with E-state index in [1.807, 2.05) is 0 Å². The number of rotatable bonds is 8. The first-order valence-electron chi connectivity index (χ1n) is 7.58. The summed E-state index contributed by atoms with van der Waals surface area (Å²) in [5.41, 5.74) is 0. The predicted octanol–water partition coefficient (Wildman–Crippen LogP) is 3.51. The fraction of sp³-hybridized carbons (Fsp3) is 0.812. The van der Waals surface area contributed by atoms with Crippen LogP contribution in [-0.4, -0.2) is 39.2 Å². The molecule has 0 aromatic heterocycles. The third-order valence-electron chi connectivity index (χ3n) is 4.29. The topological polar surface area (TPSA) is 55.8 Å². The van der Waals surface area contributed by atoms with Crippen LogP contribution < -0.4 is 0 Å². The zero-order valence-electron chi connectivity index (χ0n) is 14.6. The van der Waals surface area contributed by atoms with Gasteiger partial charge in [0.25, 0.3) is 0 Å². The lowest BCUT2D eigenvalue weighted by molar-refractivity contribution is -0.134. The Kier molecular flexibility index (Phi) is 8.44. The van der Waals surface area contributed by atoms with Gasteiger partial charge in [-0.15, -0.1) is 0 Å². The molecule has 0 bridgehead atoms. The molecule has 0 aliphatic carbocycles. The maximum atomic E-state index is 11.2.